The van der Waals surface area contributed by atoms with Gasteiger partial charge in [0.05, 0.1) is 6.61 Å². The van der Waals surface area contributed by atoms with Gasteiger partial charge in [0, 0.05) is 18.8 Å². The number of hydrogen-bond acceptors (Lipinski definition) is 7. The largest absolute Gasteiger partial charge is 0.394 e. The Morgan fingerprint density at radius 2 is 2.16 bits per heavy atom. The maximum atomic E-state index is 9.96. The Kier molecular flexibility index (Phi) is 4.16. The molecule has 4 N–H and O–H groups in total. The van der Waals surface area contributed by atoms with Crippen molar-refractivity contribution in [3.05, 3.63) is 16.5 Å². The van der Waals surface area contributed by atoms with Crippen molar-refractivity contribution in [2.45, 2.75) is 31.5 Å². The van der Waals surface area contributed by atoms with Crippen LogP contribution in [0.3, 0.4) is 0 Å². The number of ether oxygens (including phenoxy) is 1. The van der Waals surface area contributed by atoms with Gasteiger partial charge in [-0.25, -0.2) is 4.98 Å². The molecule has 0 spiro atoms. The van der Waals surface area contributed by atoms with Crippen LogP contribution < -0.4 is 5.32 Å². The number of aryl methyl sites for hydroxylation is 1. The highest BCUT2D eigenvalue weighted by Crippen LogP contribution is 2.30. The van der Waals surface area contributed by atoms with Gasteiger partial charge >= 0.3 is 0 Å². The number of rotatable bonds is 3. The Morgan fingerprint density at radius 1 is 1.47 bits per heavy atom. The smallest absolute Gasteiger partial charge is 0.203 e. The first-order valence-electron chi connectivity index (χ1n) is 5.89. The minimum absolute atomic E-state index is 0.227. The Balaban J connectivity index is 2.38. The fourth-order valence-electron chi connectivity index (χ4n) is 2.11. The predicted molar refractivity (Wildman–Crippen MR) is 70.4 cm³/mol. The molecule has 2 heterocycles. The van der Waals surface area contributed by atoms with Crippen LogP contribution in [0.2, 0.25) is 0 Å². The number of nitrogens with one attached hydrogen (secondary N) is 1. The first kappa shape index (κ1) is 14.4. The van der Waals surface area contributed by atoms with Crippen molar-refractivity contribution in [3.8, 4) is 0 Å². The Bertz CT molecular complexity index is 521. The minimum atomic E-state index is -1.16. The number of anilines is 1. The topological polar surface area (TPSA) is 99.8 Å². The summed E-state index contributed by atoms with van der Waals surface area (Å²) in [4.78, 5) is 4.18. The molecule has 0 aromatic carbocycles. The highest BCUT2D eigenvalue weighted by atomic mass is 32.1. The van der Waals surface area contributed by atoms with E-state index in [-0.39, 0.29) is 11.4 Å². The first-order valence-corrected chi connectivity index (χ1v) is 6.30. The van der Waals surface area contributed by atoms with E-state index >= 15 is 0 Å². The minimum Gasteiger partial charge on any atom is -0.394 e. The number of hydrogen-bond donors (Lipinski definition) is 4. The van der Waals surface area contributed by atoms with Gasteiger partial charge in [-0.1, -0.05) is 0 Å². The van der Waals surface area contributed by atoms with Gasteiger partial charge in [0.2, 0.25) is 4.77 Å². The highest BCUT2D eigenvalue weighted by Gasteiger charge is 2.43. The van der Waals surface area contributed by atoms with E-state index in [0.717, 1.165) is 5.56 Å². The SMILES string of the molecule is CNc1nc(=S)n([C@@H]2O[C@H](CO)C(O)C2O)cc1C. The van der Waals surface area contributed by atoms with Gasteiger partial charge in [-0.2, -0.15) is 0 Å². The quantitative estimate of drug-likeness (QED) is 0.560. The lowest BCUT2D eigenvalue weighted by atomic mass is 10.1. The molecule has 1 fully saturated rings. The summed E-state index contributed by atoms with van der Waals surface area (Å²) in [5.41, 5.74) is 0.828. The van der Waals surface area contributed by atoms with Crippen LogP contribution >= 0.6 is 12.2 Å². The molecule has 0 radical (unpaired) electrons. The third kappa shape index (κ3) is 2.49. The fraction of sp³-hybridized carbons (Fsp3) is 0.636. The number of aliphatic hydroxyl groups is 3. The molecule has 0 saturated carbocycles. The molecule has 19 heavy (non-hydrogen) atoms. The van der Waals surface area contributed by atoms with Gasteiger partial charge in [-0.3, -0.25) is 4.57 Å². The molecule has 1 aromatic heterocycles. The summed E-state index contributed by atoms with van der Waals surface area (Å²) < 4.78 is 7.12. The van der Waals surface area contributed by atoms with E-state index in [2.05, 4.69) is 10.3 Å². The van der Waals surface area contributed by atoms with Crippen LogP contribution in [0, 0.1) is 11.7 Å². The van der Waals surface area contributed by atoms with Gasteiger partial charge in [0.25, 0.3) is 0 Å². The molecule has 0 bridgehead atoms. The van der Waals surface area contributed by atoms with Gasteiger partial charge in [0.15, 0.2) is 6.23 Å². The van der Waals surface area contributed by atoms with Crippen molar-refractivity contribution in [1.29, 1.82) is 0 Å². The van der Waals surface area contributed by atoms with E-state index in [4.69, 9.17) is 22.1 Å². The molecule has 106 valence electrons. The molecule has 1 aromatic rings. The van der Waals surface area contributed by atoms with Gasteiger partial charge in [-0.05, 0) is 19.1 Å². The zero-order chi connectivity index (χ0) is 14.2. The van der Waals surface area contributed by atoms with Crippen LogP contribution in [-0.4, -0.2) is 56.8 Å². The lowest BCUT2D eigenvalue weighted by Crippen LogP contribution is -2.33. The van der Waals surface area contributed by atoms with Gasteiger partial charge in [-0.15, -0.1) is 0 Å². The third-order valence-corrected chi connectivity index (χ3v) is 3.46. The Labute approximate surface area is 115 Å². The van der Waals surface area contributed by atoms with Crippen molar-refractivity contribution in [3.63, 3.8) is 0 Å². The molecule has 1 aliphatic rings. The predicted octanol–water partition coefficient (Wildman–Crippen LogP) is -0.426. The lowest BCUT2D eigenvalue weighted by molar-refractivity contribution is -0.0541. The maximum Gasteiger partial charge on any atom is 0.203 e. The van der Waals surface area contributed by atoms with E-state index in [9.17, 15) is 10.2 Å². The van der Waals surface area contributed by atoms with E-state index in [1.807, 2.05) is 6.92 Å². The standard InChI is InChI=1S/C11H17N3O4S/c1-5-3-14(11(19)13-9(5)12-2)10-8(17)7(16)6(4-15)18-10/h3,6-8,10,15-17H,4H2,1-2H3,(H,12,13,19)/t6-,7?,8?,10-/m1/s1. The zero-order valence-corrected chi connectivity index (χ0v) is 11.5. The van der Waals surface area contributed by atoms with Crippen molar-refractivity contribution < 1.29 is 20.1 Å². The summed E-state index contributed by atoms with van der Waals surface area (Å²) in [7, 11) is 1.74. The highest BCUT2D eigenvalue weighted by molar-refractivity contribution is 7.71. The van der Waals surface area contributed by atoms with Crippen LogP contribution in [0.1, 0.15) is 11.8 Å². The number of aliphatic hydroxyl groups excluding tert-OH is 3. The Hall–Kier alpha value is -1.06. The summed E-state index contributed by atoms with van der Waals surface area (Å²) in [6.07, 6.45) is -2.30. The van der Waals surface area contributed by atoms with Crippen LogP contribution in [0.15, 0.2) is 6.20 Å². The average molecular weight is 287 g/mol. The van der Waals surface area contributed by atoms with Crippen molar-refractivity contribution in [2.24, 2.45) is 0 Å². The molecule has 0 aliphatic carbocycles. The van der Waals surface area contributed by atoms with E-state index < -0.39 is 24.5 Å². The summed E-state index contributed by atoms with van der Waals surface area (Å²) in [6, 6.07) is 0. The van der Waals surface area contributed by atoms with Crippen LogP contribution in [0.4, 0.5) is 5.82 Å². The summed E-state index contributed by atoms with van der Waals surface area (Å²) in [5.74, 6) is 0.646. The maximum absolute atomic E-state index is 9.96. The molecule has 0 amide bonds. The summed E-state index contributed by atoms with van der Waals surface area (Å²) in [6.45, 7) is 1.47. The van der Waals surface area contributed by atoms with Crippen molar-refractivity contribution in [2.75, 3.05) is 19.0 Å². The summed E-state index contributed by atoms with van der Waals surface area (Å²) >= 11 is 5.15. The number of aromatic nitrogens is 2. The third-order valence-electron chi connectivity index (χ3n) is 3.16. The molecule has 7 nitrogen and oxygen atoms in total. The summed E-state index contributed by atoms with van der Waals surface area (Å²) in [5, 5.41) is 31.7. The van der Waals surface area contributed by atoms with E-state index in [1.165, 1.54) is 4.57 Å². The monoisotopic (exact) mass is 287 g/mol. The fourth-order valence-corrected chi connectivity index (χ4v) is 2.36. The second-order valence-electron chi connectivity index (χ2n) is 4.44. The van der Waals surface area contributed by atoms with E-state index in [0.29, 0.717) is 5.82 Å². The second kappa shape index (κ2) is 5.51. The molecule has 4 atom stereocenters. The van der Waals surface area contributed by atoms with Crippen LogP contribution in [0.5, 0.6) is 0 Å². The second-order valence-corrected chi connectivity index (χ2v) is 4.81. The average Bonchev–Trinajstić information content (AvgIpc) is 2.68. The normalized spacial score (nSPS) is 30.6. The first-order chi connectivity index (χ1) is 8.99. The van der Waals surface area contributed by atoms with Crippen molar-refractivity contribution in [1.82, 2.24) is 9.55 Å². The molecule has 1 aliphatic heterocycles. The van der Waals surface area contributed by atoms with Crippen molar-refractivity contribution >= 4 is 18.0 Å². The molecule has 1 saturated heterocycles. The molecule has 2 rings (SSSR count). The molecule has 8 heteroatoms. The van der Waals surface area contributed by atoms with Gasteiger partial charge < -0.3 is 25.4 Å². The molecular formula is C11H17N3O4S. The lowest BCUT2D eigenvalue weighted by Gasteiger charge is -2.19. The van der Waals surface area contributed by atoms with Gasteiger partial charge in [0.1, 0.15) is 24.1 Å². The molecular weight excluding hydrogens is 270 g/mol. The zero-order valence-electron chi connectivity index (χ0n) is 10.6. The Morgan fingerprint density at radius 3 is 2.68 bits per heavy atom. The van der Waals surface area contributed by atoms with E-state index in [1.54, 1.807) is 13.2 Å². The molecule has 2 unspecified atom stereocenters. The van der Waals surface area contributed by atoms with Crippen LogP contribution in [0.25, 0.3) is 0 Å². The number of nitrogens with zero attached hydrogens (tertiary/aromatic N) is 2. The van der Waals surface area contributed by atoms with Crippen LogP contribution in [-0.2, 0) is 4.74 Å².